The molecule has 1 aliphatic rings. The van der Waals surface area contributed by atoms with Crippen LogP contribution in [0, 0.1) is 16.7 Å². The van der Waals surface area contributed by atoms with E-state index in [1.54, 1.807) is 0 Å². The first kappa shape index (κ1) is 13.1. The van der Waals surface area contributed by atoms with Crippen molar-refractivity contribution in [3.8, 4) is 6.07 Å². The maximum Gasteiger partial charge on any atom is 0.465 e. The van der Waals surface area contributed by atoms with Gasteiger partial charge in [-0.25, -0.2) is 0 Å². The summed E-state index contributed by atoms with van der Waals surface area (Å²) in [5.74, 6) is -0.00713. The van der Waals surface area contributed by atoms with Gasteiger partial charge in [0.1, 0.15) is 0 Å². The summed E-state index contributed by atoms with van der Waals surface area (Å²) in [5, 5.41) is 8.97. The van der Waals surface area contributed by atoms with E-state index < -0.39 is 0 Å². The largest absolute Gasteiger partial charge is 0.465 e. The molecule has 1 unspecified atom stereocenters. The van der Waals surface area contributed by atoms with Crippen molar-refractivity contribution >= 4 is 7.12 Å². The van der Waals surface area contributed by atoms with Gasteiger partial charge in [0.05, 0.1) is 6.07 Å². The molecule has 0 N–H and O–H groups in total. The SMILES string of the molecule is CC1(C)COB(C(CC#N)c2ccccc2)OC1. The van der Waals surface area contributed by atoms with Gasteiger partial charge in [0.25, 0.3) is 0 Å². The highest BCUT2D eigenvalue weighted by molar-refractivity contribution is 6.46. The summed E-state index contributed by atoms with van der Waals surface area (Å²) in [7, 11) is -0.305. The number of benzene rings is 1. The molecule has 1 atom stereocenters. The highest BCUT2D eigenvalue weighted by atomic mass is 16.6. The van der Waals surface area contributed by atoms with Crippen molar-refractivity contribution in [2.24, 2.45) is 5.41 Å². The second-order valence-electron chi connectivity index (χ2n) is 5.53. The van der Waals surface area contributed by atoms with E-state index >= 15 is 0 Å². The summed E-state index contributed by atoms with van der Waals surface area (Å²) in [4.78, 5) is 0. The molecule has 0 aromatic heterocycles. The third-order valence-electron chi connectivity index (χ3n) is 3.14. The first-order valence-electron chi connectivity index (χ1n) is 6.27. The first-order chi connectivity index (χ1) is 8.62. The Kier molecular flexibility index (Phi) is 4.06. The van der Waals surface area contributed by atoms with Gasteiger partial charge < -0.3 is 9.31 Å². The van der Waals surface area contributed by atoms with Crippen molar-refractivity contribution in [1.82, 2.24) is 0 Å². The highest BCUT2D eigenvalue weighted by Gasteiger charge is 2.38. The molecule has 0 amide bonds. The van der Waals surface area contributed by atoms with E-state index in [0.29, 0.717) is 19.6 Å². The lowest BCUT2D eigenvalue weighted by Gasteiger charge is -2.35. The molecule has 3 nitrogen and oxygen atoms in total. The summed E-state index contributed by atoms with van der Waals surface area (Å²) >= 11 is 0. The molecule has 0 aliphatic carbocycles. The predicted octanol–water partition coefficient (Wildman–Crippen LogP) is 2.78. The van der Waals surface area contributed by atoms with E-state index in [1.165, 1.54) is 0 Å². The highest BCUT2D eigenvalue weighted by Crippen LogP contribution is 2.30. The standard InChI is InChI=1S/C14H18BNO2/c1-14(2)10-17-15(18-11-14)13(8-9-16)12-6-4-3-5-7-12/h3-7,13H,8,10-11H2,1-2H3. The fourth-order valence-electron chi connectivity index (χ4n) is 2.11. The van der Waals surface area contributed by atoms with Crippen LogP contribution in [0.2, 0.25) is 0 Å². The third kappa shape index (κ3) is 3.13. The maximum absolute atomic E-state index is 8.97. The fourth-order valence-corrected chi connectivity index (χ4v) is 2.11. The van der Waals surface area contributed by atoms with E-state index in [1.807, 2.05) is 30.3 Å². The quantitative estimate of drug-likeness (QED) is 0.766. The van der Waals surface area contributed by atoms with Crippen molar-refractivity contribution in [2.45, 2.75) is 26.1 Å². The Morgan fingerprint density at radius 2 is 1.89 bits per heavy atom. The summed E-state index contributed by atoms with van der Waals surface area (Å²) in [6.45, 7) is 5.58. The summed E-state index contributed by atoms with van der Waals surface area (Å²) < 4.78 is 11.6. The monoisotopic (exact) mass is 243 g/mol. The predicted molar refractivity (Wildman–Crippen MR) is 70.9 cm³/mol. The van der Waals surface area contributed by atoms with Crippen LogP contribution in [0.15, 0.2) is 30.3 Å². The Bertz CT molecular complexity index is 417. The molecule has 1 fully saturated rings. The molecule has 0 bridgehead atoms. The molecule has 1 aromatic carbocycles. The van der Waals surface area contributed by atoms with Crippen LogP contribution in [0.3, 0.4) is 0 Å². The van der Waals surface area contributed by atoms with Crippen molar-refractivity contribution in [3.63, 3.8) is 0 Å². The van der Waals surface area contributed by atoms with Gasteiger partial charge in [-0.15, -0.1) is 0 Å². The molecule has 1 saturated heterocycles. The van der Waals surface area contributed by atoms with Gasteiger partial charge in [0.2, 0.25) is 0 Å². The lowest BCUT2D eigenvalue weighted by atomic mass is 9.65. The van der Waals surface area contributed by atoms with Crippen LogP contribution in [0.5, 0.6) is 0 Å². The average molecular weight is 243 g/mol. The molecule has 1 aromatic rings. The van der Waals surface area contributed by atoms with E-state index in [-0.39, 0.29) is 18.4 Å². The molecule has 1 aliphatic heterocycles. The molecular formula is C14H18BNO2. The number of nitrogens with zero attached hydrogens (tertiary/aromatic N) is 1. The van der Waals surface area contributed by atoms with Crippen molar-refractivity contribution in [1.29, 1.82) is 5.26 Å². The van der Waals surface area contributed by atoms with E-state index in [9.17, 15) is 0 Å². The number of hydrogen-bond donors (Lipinski definition) is 0. The Balaban J connectivity index is 2.10. The fraction of sp³-hybridized carbons (Fsp3) is 0.500. The van der Waals surface area contributed by atoms with Crippen molar-refractivity contribution in [2.75, 3.05) is 13.2 Å². The molecule has 94 valence electrons. The van der Waals surface area contributed by atoms with Gasteiger partial charge >= 0.3 is 7.12 Å². The number of nitriles is 1. The minimum atomic E-state index is -0.305. The van der Waals surface area contributed by atoms with Crippen LogP contribution in [-0.2, 0) is 9.31 Å². The minimum Gasteiger partial charge on any atom is -0.410 e. The first-order valence-corrected chi connectivity index (χ1v) is 6.27. The van der Waals surface area contributed by atoms with Crippen molar-refractivity contribution < 1.29 is 9.31 Å². The molecule has 18 heavy (non-hydrogen) atoms. The Hall–Kier alpha value is -1.31. The molecule has 0 radical (unpaired) electrons. The smallest absolute Gasteiger partial charge is 0.410 e. The van der Waals surface area contributed by atoms with Crippen LogP contribution in [0.4, 0.5) is 0 Å². The molecule has 1 heterocycles. The molecule has 2 rings (SSSR count). The van der Waals surface area contributed by atoms with Gasteiger partial charge in [-0.2, -0.15) is 5.26 Å². The van der Waals surface area contributed by atoms with E-state index in [2.05, 4.69) is 19.9 Å². The zero-order chi connectivity index (χ0) is 13.0. The van der Waals surface area contributed by atoms with Gasteiger partial charge in [-0.05, 0) is 5.56 Å². The Morgan fingerprint density at radius 3 is 2.44 bits per heavy atom. The molecule has 4 heteroatoms. The lowest BCUT2D eigenvalue weighted by molar-refractivity contribution is 0.0243. The van der Waals surface area contributed by atoms with Gasteiger partial charge in [-0.1, -0.05) is 44.2 Å². The third-order valence-corrected chi connectivity index (χ3v) is 3.14. The second kappa shape index (κ2) is 5.56. The Labute approximate surface area is 109 Å². The van der Waals surface area contributed by atoms with Crippen LogP contribution in [0.25, 0.3) is 0 Å². The number of rotatable bonds is 3. The van der Waals surface area contributed by atoms with Crippen LogP contribution in [-0.4, -0.2) is 20.3 Å². The summed E-state index contributed by atoms with van der Waals surface area (Å²) in [6, 6.07) is 12.2. The molecule has 0 saturated carbocycles. The van der Waals surface area contributed by atoms with Gasteiger partial charge in [-0.3, -0.25) is 0 Å². The van der Waals surface area contributed by atoms with Gasteiger partial charge in [0, 0.05) is 30.9 Å². The van der Waals surface area contributed by atoms with E-state index in [4.69, 9.17) is 14.6 Å². The zero-order valence-corrected chi connectivity index (χ0v) is 10.9. The topological polar surface area (TPSA) is 42.2 Å². The lowest BCUT2D eigenvalue weighted by Crippen LogP contribution is -2.44. The zero-order valence-electron chi connectivity index (χ0n) is 10.9. The maximum atomic E-state index is 8.97. The average Bonchev–Trinajstić information content (AvgIpc) is 2.38. The molecular weight excluding hydrogens is 225 g/mol. The van der Waals surface area contributed by atoms with Crippen molar-refractivity contribution in [3.05, 3.63) is 35.9 Å². The molecule has 0 spiro atoms. The van der Waals surface area contributed by atoms with Crippen LogP contribution < -0.4 is 0 Å². The summed E-state index contributed by atoms with van der Waals surface area (Å²) in [6.07, 6.45) is 0.412. The Morgan fingerprint density at radius 1 is 1.28 bits per heavy atom. The van der Waals surface area contributed by atoms with Gasteiger partial charge in [0.15, 0.2) is 0 Å². The van der Waals surface area contributed by atoms with Crippen LogP contribution >= 0.6 is 0 Å². The van der Waals surface area contributed by atoms with E-state index in [0.717, 1.165) is 5.56 Å². The summed E-state index contributed by atoms with van der Waals surface area (Å²) in [5.41, 5.74) is 1.16. The van der Waals surface area contributed by atoms with Crippen LogP contribution in [0.1, 0.15) is 31.6 Å². The normalized spacial score (nSPS) is 20.2. The minimum absolute atomic E-state index is 0.00713. The number of hydrogen-bond acceptors (Lipinski definition) is 3. The second-order valence-corrected chi connectivity index (χ2v) is 5.53.